The van der Waals surface area contributed by atoms with Gasteiger partial charge in [0.05, 0.1) is 18.9 Å². The Kier molecular flexibility index (Phi) is 6.35. The van der Waals surface area contributed by atoms with Crippen LogP contribution in [-0.2, 0) is 15.8 Å². The van der Waals surface area contributed by atoms with Crippen molar-refractivity contribution in [1.29, 1.82) is 5.26 Å². The van der Waals surface area contributed by atoms with Crippen molar-refractivity contribution in [2.24, 2.45) is 0 Å². The normalized spacial score (nSPS) is 17.0. The van der Waals surface area contributed by atoms with Crippen LogP contribution in [0.4, 0.5) is 0 Å². The molecule has 1 atom stereocenters. The van der Waals surface area contributed by atoms with E-state index in [2.05, 4.69) is 6.07 Å². The molecule has 0 radical (unpaired) electrons. The molecule has 0 aliphatic carbocycles. The van der Waals surface area contributed by atoms with Crippen LogP contribution in [0.3, 0.4) is 0 Å². The van der Waals surface area contributed by atoms with Gasteiger partial charge in [-0.3, -0.25) is 4.90 Å². The third-order valence-corrected chi connectivity index (χ3v) is 6.99. The first-order valence-electron chi connectivity index (χ1n) is 9.24. The van der Waals surface area contributed by atoms with E-state index in [0.717, 1.165) is 16.7 Å². The average molecular weight is 400 g/mol. The average Bonchev–Trinajstić information content (AvgIpc) is 2.71. The lowest BCUT2D eigenvalue weighted by molar-refractivity contribution is 0.162. The number of ether oxygens (including phenoxy) is 1. The van der Waals surface area contributed by atoms with Crippen LogP contribution in [0, 0.1) is 18.3 Å². The van der Waals surface area contributed by atoms with E-state index in [1.807, 2.05) is 60.4 Å². The first-order valence-corrected chi connectivity index (χ1v) is 10.9. The summed E-state index contributed by atoms with van der Waals surface area (Å²) in [4.78, 5) is 2.02. The van der Waals surface area contributed by atoms with Gasteiger partial charge in [0.2, 0.25) is 10.0 Å². The molecule has 2 aromatic carbocycles. The quantitative estimate of drug-likeness (QED) is 0.747. The molecule has 0 N–H and O–H groups in total. The maximum absolute atomic E-state index is 12.8. The number of hydrogen-bond donors (Lipinski definition) is 0. The molecular weight excluding hydrogens is 374 g/mol. The number of sulfonamides is 1. The molecule has 0 amide bonds. The maximum Gasteiger partial charge on any atom is 0.218 e. The van der Waals surface area contributed by atoms with E-state index in [4.69, 9.17) is 4.74 Å². The molecular formula is C21H25N3O3S. The molecule has 7 heteroatoms. The predicted octanol–water partition coefficient (Wildman–Crippen LogP) is 2.72. The van der Waals surface area contributed by atoms with Crippen molar-refractivity contribution in [2.45, 2.75) is 18.7 Å². The van der Waals surface area contributed by atoms with Gasteiger partial charge in [0.25, 0.3) is 0 Å². The van der Waals surface area contributed by atoms with Crippen molar-refractivity contribution in [3.8, 4) is 11.8 Å². The van der Waals surface area contributed by atoms with Crippen LogP contribution in [-0.4, -0.2) is 50.9 Å². The fourth-order valence-corrected chi connectivity index (χ4v) is 5.10. The number of benzene rings is 2. The van der Waals surface area contributed by atoms with Crippen LogP contribution >= 0.6 is 0 Å². The first kappa shape index (κ1) is 20.3. The molecule has 1 saturated heterocycles. The van der Waals surface area contributed by atoms with Crippen LogP contribution in [0.2, 0.25) is 0 Å². The second-order valence-corrected chi connectivity index (χ2v) is 8.89. The van der Waals surface area contributed by atoms with E-state index in [1.165, 1.54) is 4.31 Å². The van der Waals surface area contributed by atoms with Crippen molar-refractivity contribution < 1.29 is 13.2 Å². The number of aryl methyl sites for hydroxylation is 1. The van der Waals surface area contributed by atoms with Crippen molar-refractivity contribution in [2.75, 3.05) is 33.3 Å². The highest BCUT2D eigenvalue weighted by Crippen LogP contribution is 2.26. The van der Waals surface area contributed by atoms with Gasteiger partial charge in [-0.05, 0) is 35.7 Å². The molecule has 6 nitrogen and oxygen atoms in total. The van der Waals surface area contributed by atoms with Gasteiger partial charge in [-0.2, -0.15) is 9.57 Å². The maximum atomic E-state index is 12.8. The van der Waals surface area contributed by atoms with Crippen LogP contribution in [0.25, 0.3) is 0 Å². The van der Waals surface area contributed by atoms with Gasteiger partial charge in [0.15, 0.2) is 0 Å². The standard InChI is InChI=1S/C21H25N3O3S/c1-17-6-3-4-7-19(17)16-28(25,26)24-12-10-23(11-13-24)21(15-22)18-8-5-9-20(14-18)27-2/h3-9,14,21H,10-13,16H2,1-2H3. The molecule has 0 saturated carbocycles. The topological polar surface area (TPSA) is 73.6 Å². The minimum Gasteiger partial charge on any atom is -0.497 e. The third-order valence-electron chi connectivity index (χ3n) is 5.16. The summed E-state index contributed by atoms with van der Waals surface area (Å²) in [5.74, 6) is 0.717. The Hall–Kier alpha value is -2.40. The van der Waals surface area contributed by atoms with Gasteiger partial charge in [0.1, 0.15) is 11.8 Å². The van der Waals surface area contributed by atoms with E-state index < -0.39 is 16.1 Å². The van der Waals surface area contributed by atoms with E-state index in [0.29, 0.717) is 31.9 Å². The molecule has 2 aromatic rings. The van der Waals surface area contributed by atoms with E-state index in [1.54, 1.807) is 7.11 Å². The van der Waals surface area contributed by atoms with Gasteiger partial charge >= 0.3 is 0 Å². The molecule has 3 rings (SSSR count). The first-order chi connectivity index (χ1) is 13.4. The summed E-state index contributed by atoms with van der Waals surface area (Å²) in [6, 6.07) is 16.9. The summed E-state index contributed by atoms with van der Waals surface area (Å²) in [7, 11) is -1.79. The summed E-state index contributed by atoms with van der Waals surface area (Å²) in [5.41, 5.74) is 2.67. The highest BCUT2D eigenvalue weighted by atomic mass is 32.2. The number of rotatable bonds is 6. The van der Waals surface area contributed by atoms with Crippen molar-refractivity contribution in [1.82, 2.24) is 9.21 Å². The second kappa shape index (κ2) is 8.74. The lowest BCUT2D eigenvalue weighted by Gasteiger charge is -2.36. The third kappa shape index (κ3) is 4.53. The smallest absolute Gasteiger partial charge is 0.218 e. The highest BCUT2D eigenvalue weighted by Gasteiger charge is 2.31. The van der Waals surface area contributed by atoms with Crippen LogP contribution < -0.4 is 4.74 Å². The molecule has 0 aromatic heterocycles. The fraction of sp³-hybridized carbons (Fsp3) is 0.381. The van der Waals surface area contributed by atoms with Crippen molar-refractivity contribution in [3.05, 3.63) is 65.2 Å². The number of nitrogens with zero attached hydrogens (tertiary/aromatic N) is 3. The minimum atomic E-state index is -3.39. The molecule has 28 heavy (non-hydrogen) atoms. The zero-order valence-electron chi connectivity index (χ0n) is 16.2. The van der Waals surface area contributed by atoms with Gasteiger partial charge in [-0.25, -0.2) is 8.42 Å². The van der Waals surface area contributed by atoms with Crippen LogP contribution in [0.1, 0.15) is 22.7 Å². The predicted molar refractivity (Wildman–Crippen MR) is 108 cm³/mol. The number of nitriles is 1. The van der Waals surface area contributed by atoms with E-state index in [-0.39, 0.29) is 5.75 Å². The Morgan fingerprint density at radius 2 is 1.82 bits per heavy atom. The van der Waals surface area contributed by atoms with E-state index >= 15 is 0 Å². The Morgan fingerprint density at radius 1 is 1.11 bits per heavy atom. The zero-order chi connectivity index (χ0) is 20.1. The van der Waals surface area contributed by atoms with Gasteiger partial charge < -0.3 is 4.74 Å². The molecule has 1 aliphatic heterocycles. The van der Waals surface area contributed by atoms with E-state index in [9.17, 15) is 13.7 Å². The summed E-state index contributed by atoms with van der Waals surface area (Å²) >= 11 is 0. The van der Waals surface area contributed by atoms with Gasteiger partial charge in [-0.1, -0.05) is 36.4 Å². The lowest BCUT2D eigenvalue weighted by Crippen LogP contribution is -2.49. The summed E-state index contributed by atoms with van der Waals surface area (Å²) in [5, 5.41) is 9.68. The van der Waals surface area contributed by atoms with Gasteiger partial charge in [-0.15, -0.1) is 0 Å². The summed E-state index contributed by atoms with van der Waals surface area (Å²) in [6.07, 6.45) is 0. The minimum absolute atomic E-state index is 0.0111. The molecule has 1 heterocycles. The Bertz CT molecular complexity index is 961. The molecule has 0 spiro atoms. The molecule has 1 fully saturated rings. The lowest BCUT2D eigenvalue weighted by atomic mass is 10.1. The van der Waals surface area contributed by atoms with Crippen LogP contribution in [0.5, 0.6) is 5.75 Å². The molecule has 1 aliphatic rings. The summed E-state index contributed by atoms with van der Waals surface area (Å²) < 4.78 is 32.5. The SMILES string of the molecule is COc1cccc(C(C#N)N2CCN(S(=O)(=O)Cc3ccccc3C)CC2)c1. The van der Waals surface area contributed by atoms with Crippen LogP contribution in [0.15, 0.2) is 48.5 Å². The monoisotopic (exact) mass is 399 g/mol. The van der Waals surface area contributed by atoms with Gasteiger partial charge in [0, 0.05) is 26.2 Å². The van der Waals surface area contributed by atoms with Crippen molar-refractivity contribution in [3.63, 3.8) is 0 Å². The second-order valence-electron chi connectivity index (χ2n) is 6.93. The number of piperazine rings is 1. The molecule has 0 bridgehead atoms. The summed E-state index contributed by atoms with van der Waals surface area (Å²) in [6.45, 7) is 3.73. The largest absolute Gasteiger partial charge is 0.497 e. The highest BCUT2D eigenvalue weighted by molar-refractivity contribution is 7.88. The Balaban J connectivity index is 1.67. The zero-order valence-corrected chi connectivity index (χ0v) is 17.0. The number of methoxy groups -OCH3 is 1. The van der Waals surface area contributed by atoms with Crippen molar-refractivity contribution >= 4 is 10.0 Å². The number of hydrogen-bond acceptors (Lipinski definition) is 5. The molecule has 148 valence electrons. The molecule has 1 unspecified atom stereocenters. The fourth-order valence-electron chi connectivity index (χ4n) is 3.48. The Labute approximate surface area is 167 Å². The Morgan fingerprint density at radius 3 is 2.46 bits per heavy atom.